The van der Waals surface area contributed by atoms with Gasteiger partial charge in [0.1, 0.15) is 11.9 Å². The van der Waals surface area contributed by atoms with E-state index in [9.17, 15) is 18.8 Å². The van der Waals surface area contributed by atoms with Crippen molar-refractivity contribution < 1.29 is 14.0 Å². The van der Waals surface area contributed by atoms with Crippen LogP contribution in [0.25, 0.3) is 0 Å². The van der Waals surface area contributed by atoms with Gasteiger partial charge in [0.2, 0.25) is 5.91 Å². The summed E-state index contributed by atoms with van der Waals surface area (Å²) in [5, 5.41) is 13.3. The molecule has 0 saturated carbocycles. The van der Waals surface area contributed by atoms with Crippen LogP contribution in [0.2, 0.25) is 0 Å². The third kappa shape index (κ3) is 4.73. The van der Waals surface area contributed by atoms with Crippen LogP contribution in [0.4, 0.5) is 10.1 Å². The molecule has 2 fully saturated rings. The minimum atomic E-state index is -0.578. The summed E-state index contributed by atoms with van der Waals surface area (Å²) in [5.74, 6) is -0.169. The second-order valence-electron chi connectivity index (χ2n) is 10.0. The minimum absolute atomic E-state index is 0.00789. The lowest BCUT2D eigenvalue weighted by Crippen LogP contribution is -2.57. The molecule has 3 aliphatic heterocycles. The molecule has 3 aliphatic rings. The van der Waals surface area contributed by atoms with Crippen LogP contribution in [0.1, 0.15) is 47.4 Å². The SMILES string of the molecule is CC1(C)SCNC1C(=O)N1CCN(C(=O)c2cc(Cc3n[nH]c(=O)c4c3NCCC4)ccc2F)CC1. The number of anilines is 1. The zero-order chi connectivity index (χ0) is 25.4. The smallest absolute Gasteiger partial charge is 0.269 e. The molecule has 2 saturated heterocycles. The van der Waals surface area contributed by atoms with E-state index in [2.05, 4.69) is 34.7 Å². The van der Waals surface area contributed by atoms with Crippen LogP contribution in [0.3, 0.4) is 0 Å². The molecule has 1 unspecified atom stereocenters. The van der Waals surface area contributed by atoms with Gasteiger partial charge in [-0.25, -0.2) is 9.49 Å². The number of halogens is 1. The van der Waals surface area contributed by atoms with E-state index in [1.807, 2.05) is 0 Å². The summed E-state index contributed by atoms with van der Waals surface area (Å²) in [6, 6.07) is 4.26. The van der Waals surface area contributed by atoms with Crippen molar-refractivity contribution in [3.05, 3.63) is 56.8 Å². The Labute approximate surface area is 213 Å². The van der Waals surface area contributed by atoms with Gasteiger partial charge >= 0.3 is 0 Å². The summed E-state index contributed by atoms with van der Waals surface area (Å²) in [4.78, 5) is 41.8. The van der Waals surface area contributed by atoms with Gasteiger partial charge in [0.05, 0.1) is 16.9 Å². The first-order valence-corrected chi connectivity index (χ1v) is 13.3. The summed E-state index contributed by atoms with van der Waals surface area (Å²) in [6.07, 6.45) is 1.92. The Morgan fingerprint density at radius 3 is 2.67 bits per heavy atom. The number of thioether (sulfide) groups is 1. The van der Waals surface area contributed by atoms with Crippen LogP contribution in [-0.4, -0.2) is 81.2 Å². The Morgan fingerprint density at radius 2 is 1.94 bits per heavy atom. The van der Waals surface area contributed by atoms with Crippen molar-refractivity contribution in [1.29, 1.82) is 0 Å². The molecular formula is C25H31FN6O3S. The molecule has 4 heterocycles. The number of amides is 2. The summed E-state index contributed by atoms with van der Waals surface area (Å²) in [5.41, 5.74) is 2.64. The van der Waals surface area contributed by atoms with Crippen LogP contribution in [0.15, 0.2) is 23.0 Å². The molecule has 9 nitrogen and oxygen atoms in total. The molecular weight excluding hydrogens is 483 g/mol. The lowest BCUT2D eigenvalue weighted by Gasteiger charge is -2.37. The predicted molar refractivity (Wildman–Crippen MR) is 137 cm³/mol. The van der Waals surface area contributed by atoms with E-state index in [0.717, 1.165) is 30.1 Å². The highest BCUT2D eigenvalue weighted by Gasteiger charge is 2.42. The fourth-order valence-electron chi connectivity index (χ4n) is 5.13. The number of hydrogen-bond acceptors (Lipinski definition) is 7. The van der Waals surface area contributed by atoms with Gasteiger partial charge in [-0.15, -0.1) is 11.8 Å². The molecule has 11 heteroatoms. The van der Waals surface area contributed by atoms with E-state index >= 15 is 0 Å². The van der Waals surface area contributed by atoms with Crippen LogP contribution < -0.4 is 16.2 Å². The van der Waals surface area contributed by atoms with Crippen molar-refractivity contribution in [3.8, 4) is 0 Å². The lowest BCUT2D eigenvalue weighted by molar-refractivity contribution is -0.135. The normalized spacial score (nSPS) is 21.1. The third-order valence-electron chi connectivity index (χ3n) is 7.25. The number of rotatable bonds is 4. The molecule has 5 rings (SSSR count). The fourth-order valence-corrected chi connectivity index (χ4v) is 6.10. The maximum absolute atomic E-state index is 14.7. The first-order valence-electron chi connectivity index (χ1n) is 12.3. The second-order valence-corrected chi connectivity index (χ2v) is 11.7. The molecule has 2 aromatic rings. The van der Waals surface area contributed by atoms with Crippen molar-refractivity contribution >= 4 is 29.3 Å². The monoisotopic (exact) mass is 514 g/mol. The number of fused-ring (bicyclic) bond motifs is 1. The highest BCUT2D eigenvalue weighted by Crippen LogP contribution is 2.34. The summed E-state index contributed by atoms with van der Waals surface area (Å²) < 4.78 is 14.6. The van der Waals surface area contributed by atoms with E-state index in [0.29, 0.717) is 50.3 Å². The molecule has 1 atom stereocenters. The Balaban J connectivity index is 1.27. The van der Waals surface area contributed by atoms with Crippen LogP contribution in [-0.2, 0) is 17.6 Å². The number of nitrogens with one attached hydrogen (secondary N) is 3. The quantitative estimate of drug-likeness (QED) is 0.568. The number of hydrogen-bond donors (Lipinski definition) is 3. The zero-order valence-corrected chi connectivity index (χ0v) is 21.3. The number of H-pyrrole nitrogens is 1. The van der Waals surface area contributed by atoms with Crippen LogP contribution in [0.5, 0.6) is 0 Å². The van der Waals surface area contributed by atoms with E-state index < -0.39 is 5.82 Å². The van der Waals surface area contributed by atoms with Gasteiger partial charge in [0.15, 0.2) is 0 Å². The fraction of sp³-hybridized carbons (Fsp3) is 0.520. The van der Waals surface area contributed by atoms with Gasteiger partial charge in [-0.2, -0.15) is 5.10 Å². The third-order valence-corrected chi connectivity index (χ3v) is 8.54. The molecule has 0 aliphatic carbocycles. The lowest BCUT2D eigenvalue weighted by atomic mass is 9.99. The number of carbonyl (C=O) groups excluding carboxylic acids is 2. The molecule has 192 valence electrons. The number of carbonyl (C=O) groups is 2. The highest BCUT2D eigenvalue weighted by molar-refractivity contribution is 8.00. The molecule has 0 radical (unpaired) electrons. The maximum Gasteiger partial charge on any atom is 0.269 e. The number of benzene rings is 1. The zero-order valence-electron chi connectivity index (χ0n) is 20.5. The molecule has 0 spiro atoms. The van der Waals surface area contributed by atoms with Gasteiger partial charge in [-0.05, 0) is 44.4 Å². The number of aromatic amines is 1. The first-order chi connectivity index (χ1) is 17.2. The molecule has 0 bridgehead atoms. The minimum Gasteiger partial charge on any atom is -0.383 e. The molecule has 36 heavy (non-hydrogen) atoms. The van der Waals surface area contributed by atoms with Crippen LogP contribution >= 0.6 is 11.8 Å². The van der Waals surface area contributed by atoms with E-state index in [1.165, 1.54) is 6.07 Å². The number of aromatic nitrogens is 2. The van der Waals surface area contributed by atoms with Gasteiger partial charge in [-0.3, -0.25) is 19.7 Å². The van der Waals surface area contributed by atoms with Crippen molar-refractivity contribution in [3.63, 3.8) is 0 Å². The Bertz CT molecular complexity index is 1240. The Morgan fingerprint density at radius 1 is 1.19 bits per heavy atom. The Kier molecular flexibility index (Phi) is 6.78. The number of nitrogens with zero attached hydrogens (tertiary/aromatic N) is 3. The molecule has 3 N–H and O–H groups in total. The van der Waals surface area contributed by atoms with Gasteiger partial charge < -0.3 is 15.1 Å². The molecule has 1 aromatic carbocycles. The largest absolute Gasteiger partial charge is 0.383 e. The van der Waals surface area contributed by atoms with E-state index in [-0.39, 0.29) is 33.7 Å². The predicted octanol–water partition coefficient (Wildman–Crippen LogP) is 1.58. The molecule has 1 aromatic heterocycles. The standard InChI is InChI=1S/C25H31FN6O3S/c1-25(2)21(28-14-36-25)24(35)32-10-8-31(9-11-32)23(34)17-12-15(5-6-18(17)26)13-19-20-16(4-3-7-27-20)22(33)30-29-19/h5-6,12,21,27-28H,3-4,7-11,13-14H2,1-2H3,(H,30,33). The first kappa shape index (κ1) is 24.8. The summed E-state index contributed by atoms with van der Waals surface area (Å²) >= 11 is 1.72. The topological polar surface area (TPSA) is 110 Å². The van der Waals surface area contributed by atoms with Crippen molar-refractivity contribution in [2.24, 2.45) is 0 Å². The van der Waals surface area contributed by atoms with Crippen molar-refractivity contribution in [2.75, 3.05) is 43.9 Å². The highest BCUT2D eigenvalue weighted by atomic mass is 32.2. The average molecular weight is 515 g/mol. The van der Waals surface area contributed by atoms with Crippen molar-refractivity contribution in [2.45, 2.75) is 43.9 Å². The summed E-state index contributed by atoms with van der Waals surface area (Å²) in [6.45, 7) is 6.43. The average Bonchev–Trinajstić information content (AvgIpc) is 3.25. The van der Waals surface area contributed by atoms with Crippen molar-refractivity contribution in [1.82, 2.24) is 25.3 Å². The van der Waals surface area contributed by atoms with Gasteiger partial charge in [-0.1, -0.05) is 6.07 Å². The van der Waals surface area contributed by atoms with Crippen LogP contribution in [0, 0.1) is 5.82 Å². The second kappa shape index (κ2) is 9.85. The van der Waals surface area contributed by atoms with Gasteiger partial charge in [0.25, 0.3) is 11.5 Å². The van der Waals surface area contributed by atoms with E-state index in [4.69, 9.17) is 0 Å². The Hall–Kier alpha value is -2.92. The summed E-state index contributed by atoms with van der Waals surface area (Å²) in [7, 11) is 0. The number of piperazine rings is 1. The molecule has 2 amide bonds. The van der Waals surface area contributed by atoms with Gasteiger partial charge in [0, 0.05) is 55.3 Å². The maximum atomic E-state index is 14.7. The van der Waals surface area contributed by atoms with E-state index in [1.54, 1.807) is 33.7 Å².